The standard InChI is InChI=1S/C8H16N2OS/c1-3-7(6-11-2)10-8-9-4-5-12-8/h7H,3-6H2,1-2H3,(H,9,10). The SMILES string of the molecule is CCC(COC)NC1=NCCS1. The van der Waals surface area contributed by atoms with E-state index in [0.29, 0.717) is 6.04 Å². The first-order valence-corrected chi connectivity index (χ1v) is 5.28. The van der Waals surface area contributed by atoms with Gasteiger partial charge >= 0.3 is 0 Å². The summed E-state index contributed by atoms with van der Waals surface area (Å²) in [5, 5.41) is 4.44. The van der Waals surface area contributed by atoms with Gasteiger partial charge < -0.3 is 10.1 Å². The van der Waals surface area contributed by atoms with E-state index in [4.69, 9.17) is 4.74 Å². The topological polar surface area (TPSA) is 33.6 Å². The third kappa shape index (κ3) is 3.03. The van der Waals surface area contributed by atoms with Crippen LogP contribution in [0.3, 0.4) is 0 Å². The highest BCUT2D eigenvalue weighted by molar-refractivity contribution is 8.14. The third-order valence-corrected chi connectivity index (χ3v) is 2.68. The number of methoxy groups -OCH3 is 1. The van der Waals surface area contributed by atoms with E-state index in [1.165, 1.54) is 0 Å². The van der Waals surface area contributed by atoms with Gasteiger partial charge in [0.15, 0.2) is 5.17 Å². The second-order valence-electron chi connectivity index (χ2n) is 2.74. The predicted molar refractivity (Wildman–Crippen MR) is 53.9 cm³/mol. The minimum atomic E-state index is 0.416. The van der Waals surface area contributed by atoms with E-state index in [1.54, 1.807) is 18.9 Å². The summed E-state index contributed by atoms with van der Waals surface area (Å²) < 4.78 is 5.08. The van der Waals surface area contributed by atoms with Crippen molar-refractivity contribution in [3.05, 3.63) is 0 Å². The summed E-state index contributed by atoms with van der Waals surface area (Å²) in [6, 6.07) is 0.416. The molecule has 0 spiro atoms. The Morgan fingerprint density at radius 3 is 3.08 bits per heavy atom. The maximum Gasteiger partial charge on any atom is 0.156 e. The Bertz CT molecular complexity index is 161. The molecule has 1 aliphatic heterocycles. The van der Waals surface area contributed by atoms with Crippen LogP contribution < -0.4 is 5.32 Å². The van der Waals surface area contributed by atoms with Crippen molar-refractivity contribution < 1.29 is 4.74 Å². The van der Waals surface area contributed by atoms with E-state index in [9.17, 15) is 0 Å². The first-order chi connectivity index (χ1) is 5.86. The van der Waals surface area contributed by atoms with Crippen LogP contribution in [0.25, 0.3) is 0 Å². The van der Waals surface area contributed by atoms with Crippen molar-refractivity contribution >= 4 is 16.9 Å². The zero-order chi connectivity index (χ0) is 8.81. The quantitative estimate of drug-likeness (QED) is 0.717. The molecule has 0 saturated heterocycles. The van der Waals surface area contributed by atoms with Gasteiger partial charge in [-0.15, -0.1) is 0 Å². The summed E-state index contributed by atoms with van der Waals surface area (Å²) in [7, 11) is 1.73. The number of nitrogens with zero attached hydrogens (tertiary/aromatic N) is 1. The Labute approximate surface area is 78.0 Å². The molecule has 0 bridgehead atoms. The fourth-order valence-electron chi connectivity index (χ4n) is 1.06. The number of hydrogen-bond donors (Lipinski definition) is 1. The summed E-state index contributed by atoms with van der Waals surface area (Å²) in [4.78, 5) is 4.32. The largest absolute Gasteiger partial charge is 0.383 e. The fourth-order valence-corrected chi connectivity index (χ4v) is 1.87. The molecule has 0 saturated carbocycles. The van der Waals surface area contributed by atoms with Crippen molar-refractivity contribution in [1.82, 2.24) is 5.32 Å². The average Bonchev–Trinajstić information content (AvgIpc) is 2.56. The van der Waals surface area contributed by atoms with Crippen molar-refractivity contribution in [2.45, 2.75) is 19.4 Å². The third-order valence-electron chi connectivity index (χ3n) is 1.77. The molecule has 1 aliphatic rings. The highest BCUT2D eigenvalue weighted by atomic mass is 32.2. The molecular weight excluding hydrogens is 172 g/mol. The number of ether oxygens (including phenoxy) is 1. The Balaban J connectivity index is 2.25. The molecular formula is C8H16N2OS. The number of aliphatic imine (C=N–C) groups is 1. The first-order valence-electron chi connectivity index (χ1n) is 4.29. The number of hydrogen-bond acceptors (Lipinski definition) is 4. The average molecular weight is 188 g/mol. The molecule has 0 aromatic carbocycles. The lowest BCUT2D eigenvalue weighted by Gasteiger charge is -2.15. The monoisotopic (exact) mass is 188 g/mol. The molecule has 0 fully saturated rings. The van der Waals surface area contributed by atoms with Crippen LogP contribution in [0.15, 0.2) is 4.99 Å². The summed E-state index contributed by atoms with van der Waals surface area (Å²) >= 11 is 1.80. The molecule has 1 atom stereocenters. The lowest BCUT2D eigenvalue weighted by molar-refractivity contribution is 0.172. The van der Waals surface area contributed by atoms with E-state index in [1.807, 2.05) is 0 Å². The highest BCUT2D eigenvalue weighted by Gasteiger charge is 2.11. The van der Waals surface area contributed by atoms with Crippen molar-refractivity contribution in [2.75, 3.05) is 26.0 Å². The summed E-state index contributed by atoms with van der Waals surface area (Å²) in [5.41, 5.74) is 0. The van der Waals surface area contributed by atoms with Gasteiger partial charge in [-0.05, 0) is 6.42 Å². The van der Waals surface area contributed by atoms with Crippen molar-refractivity contribution in [1.29, 1.82) is 0 Å². The maximum atomic E-state index is 5.08. The van der Waals surface area contributed by atoms with E-state index < -0.39 is 0 Å². The van der Waals surface area contributed by atoms with Gasteiger partial charge in [-0.25, -0.2) is 0 Å². The normalized spacial score (nSPS) is 19.0. The van der Waals surface area contributed by atoms with Gasteiger partial charge in [0, 0.05) is 12.9 Å². The van der Waals surface area contributed by atoms with Crippen LogP contribution in [-0.4, -0.2) is 37.2 Å². The van der Waals surface area contributed by atoms with Gasteiger partial charge in [0.25, 0.3) is 0 Å². The van der Waals surface area contributed by atoms with Crippen LogP contribution in [0, 0.1) is 0 Å². The van der Waals surface area contributed by atoms with Gasteiger partial charge in [0.05, 0.1) is 19.2 Å². The number of rotatable bonds is 4. The van der Waals surface area contributed by atoms with E-state index >= 15 is 0 Å². The van der Waals surface area contributed by atoms with E-state index in [0.717, 1.165) is 30.5 Å². The molecule has 1 unspecified atom stereocenters. The zero-order valence-electron chi connectivity index (χ0n) is 7.67. The Morgan fingerprint density at radius 1 is 1.75 bits per heavy atom. The predicted octanol–water partition coefficient (Wildman–Crippen LogP) is 1.10. The van der Waals surface area contributed by atoms with Crippen LogP contribution >= 0.6 is 11.8 Å². The Morgan fingerprint density at radius 2 is 2.58 bits per heavy atom. The lowest BCUT2D eigenvalue weighted by Crippen LogP contribution is -2.35. The van der Waals surface area contributed by atoms with Crippen molar-refractivity contribution in [2.24, 2.45) is 4.99 Å². The summed E-state index contributed by atoms with van der Waals surface area (Å²) in [6.45, 7) is 3.86. The molecule has 12 heavy (non-hydrogen) atoms. The molecule has 1 N–H and O–H groups in total. The highest BCUT2D eigenvalue weighted by Crippen LogP contribution is 2.10. The van der Waals surface area contributed by atoms with Gasteiger partial charge in [-0.1, -0.05) is 18.7 Å². The minimum Gasteiger partial charge on any atom is -0.383 e. The molecule has 3 nitrogen and oxygen atoms in total. The zero-order valence-corrected chi connectivity index (χ0v) is 8.49. The van der Waals surface area contributed by atoms with Crippen LogP contribution in [0.2, 0.25) is 0 Å². The lowest BCUT2D eigenvalue weighted by atomic mass is 10.2. The molecule has 0 aromatic heterocycles. The van der Waals surface area contributed by atoms with Crippen LogP contribution in [0.4, 0.5) is 0 Å². The number of nitrogens with one attached hydrogen (secondary N) is 1. The smallest absolute Gasteiger partial charge is 0.156 e. The molecule has 0 aliphatic carbocycles. The second-order valence-corrected chi connectivity index (χ2v) is 3.82. The van der Waals surface area contributed by atoms with Gasteiger partial charge in [0.1, 0.15) is 0 Å². The van der Waals surface area contributed by atoms with Crippen molar-refractivity contribution in [3.63, 3.8) is 0 Å². The van der Waals surface area contributed by atoms with Gasteiger partial charge in [-0.2, -0.15) is 0 Å². The molecule has 0 amide bonds. The summed E-state index contributed by atoms with van der Waals surface area (Å²) in [6.07, 6.45) is 1.08. The van der Waals surface area contributed by atoms with Crippen molar-refractivity contribution in [3.8, 4) is 0 Å². The fraction of sp³-hybridized carbons (Fsp3) is 0.875. The van der Waals surface area contributed by atoms with Gasteiger partial charge in [-0.3, -0.25) is 4.99 Å². The van der Waals surface area contributed by atoms with E-state index in [2.05, 4.69) is 17.2 Å². The van der Waals surface area contributed by atoms with Crippen LogP contribution in [0.1, 0.15) is 13.3 Å². The Kier molecular flexibility index (Phi) is 4.46. The van der Waals surface area contributed by atoms with Crippen LogP contribution in [0.5, 0.6) is 0 Å². The number of amidine groups is 1. The molecule has 1 heterocycles. The summed E-state index contributed by atoms with van der Waals surface area (Å²) in [5.74, 6) is 1.12. The second kappa shape index (κ2) is 5.43. The number of thioether (sulfide) groups is 1. The van der Waals surface area contributed by atoms with Crippen LogP contribution in [-0.2, 0) is 4.74 Å². The molecule has 0 aromatic rings. The maximum absolute atomic E-state index is 5.08. The molecule has 4 heteroatoms. The van der Waals surface area contributed by atoms with E-state index in [-0.39, 0.29) is 0 Å². The van der Waals surface area contributed by atoms with Gasteiger partial charge in [0.2, 0.25) is 0 Å². The Hall–Kier alpha value is -0.220. The molecule has 1 rings (SSSR count). The molecule has 70 valence electrons. The first kappa shape index (κ1) is 9.86. The minimum absolute atomic E-state index is 0.416. The molecule has 0 radical (unpaired) electrons.